The number of nitrogens with zero attached hydrogens (tertiary/aromatic N) is 4. The Kier molecular flexibility index (Phi) is 23.7. The van der Waals surface area contributed by atoms with Crippen LogP contribution >= 0.6 is 0 Å². The molecular weight excluding hydrogens is 400 g/mol. The van der Waals surface area contributed by atoms with E-state index in [0.29, 0.717) is 0 Å². The Morgan fingerprint density at radius 3 is 0.750 bits per heavy atom. The van der Waals surface area contributed by atoms with Crippen LogP contribution in [-0.4, -0.2) is 122 Å². The van der Waals surface area contributed by atoms with Gasteiger partial charge in [0.25, 0.3) is 0 Å². The highest BCUT2D eigenvalue weighted by Gasteiger charge is 2.13. The van der Waals surface area contributed by atoms with Gasteiger partial charge in [0.2, 0.25) is 0 Å². The van der Waals surface area contributed by atoms with Gasteiger partial charge >= 0.3 is 0 Å². The molecular formula is C26H58N4O2. The van der Waals surface area contributed by atoms with Crippen molar-refractivity contribution >= 4 is 0 Å². The highest BCUT2D eigenvalue weighted by Crippen LogP contribution is 2.03. The van der Waals surface area contributed by atoms with Gasteiger partial charge in [0.1, 0.15) is 0 Å². The first-order valence-corrected chi connectivity index (χ1v) is 13.8. The zero-order valence-corrected chi connectivity index (χ0v) is 22.2. The average Bonchev–Trinajstić information content (AvgIpc) is 2.80. The van der Waals surface area contributed by atoms with E-state index in [0.717, 1.165) is 65.4 Å². The lowest BCUT2D eigenvalue weighted by Gasteiger charge is -2.31. The Bertz CT molecular complexity index is 340. The van der Waals surface area contributed by atoms with E-state index in [2.05, 4.69) is 47.3 Å². The van der Waals surface area contributed by atoms with Crippen molar-refractivity contribution < 1.29 is 10.2 Å². The minimum absolute atomic E-state index is 0.256. The van der Waals surface area contributed by atoms with Crippen molar-refractivity contribution in [1.29, 1.82) is 0 Å². The Labute approximate surface area is 200 Å². The van der Waals surface area contributed by atoms with E-state index in [1.54, 1.807) is 0 Å². The zero-order chi connectivity index (χ0) is 23.9. The molecule has 0 radical (unpaired) electrons. The number of aliphatic hydroxyl groups is 2. The van der Waals surface area contributed by atoms with Gasteiger partial charge in [-0.25, -0.2) is 0 Å². The molecule has 0 aliphatic carbocycles. The number of hydrogen-bond donors (Lipinski definition) is 2. The third-order valence-electron chi connectivity index (χ3n) is 6.34. The summed E-state index contributed by atoms with van der Waals surface area (Å²) in [5.41, 5.74) is 0. The van der Waals surface area contributed by atoms with Gasteiger partial charge in [-0.2, -0.15) is 0 Å². The molecule has 0 atom stereocenters. The average molecular weight is 459 g/mol. The molecule has 0 spiro atoms. The second-order valence-corrected chi connectivity index (χ2v) is 9.23. The van der Waals surface area contributed by atoms with Crippen molar-refractivity contribution in [2.24, 2.45) is 0 Å². The first-order valence-electron chi connectivity index (χ1n) is 13.8. The molecule has 32 heavy (non-hydrogen) atoms. The van der Waals surface area contributed by atoms with E-state index in [1.807, 2.05) is 0 Å². The van der Waals surface area contributed by atoms with Gasteiger partial charge in [0, 0.05) is 52.4 Å². The van der Waals surface area contributed by atoms with Crippen LogP contribution in [-0.2, 0) is 0 Å². The fourth-order valence-corrected chi connectivity index (χ4v) is 4.00. The first-order chi connectivity index (χ1) is 15.6. The van der Waals surface area contributed by atoms with Crippen molar-refractivity contribution in [3.05, 3.63) is 0 Å². The van der Waals surface area contributed by atoms with E-state index in [9.17, 15) is 10.2 Å². The normalized spacial score (nSPS) is 12.2. The Balaban J connectivity index is 4.74. The summed E-state index contributed by atoms with van der Waals surface area (Å²) in [6.07, 6.45) is 9.82. The van der Waals surface area contributed by atoms with Gasteiger partial charge in [-0.15, -0.1) is 0 Å². The third-order valence-corrected chi connectivity index (χ3v) is 6.34. The Hall–Kier alpha value is -0.240. The van der Waals surface area contributed by atoms with Crippen LogP contribution in [0.25, 0.3) is 0 Å². The molecule has 0 aliphatic heterocycles. The van der Waals surface area contributed by atoms with Crippen LogP contribution < -0.4 is 0 Å². The summed E-state index contributed by atoms with van der Waals surface area (Å²) in [5, 5.41) is 18.8. The maximum atomic E-state index is 9.42. The standard InChI is InChI=1S/C26H58N4O2/c1-5-9-13-27(19-21-29(23-25-31)15-11-7-3)17-18-28(14-10-6-2)20-22-30(24-26-32)16-12-8-4/h31-32H,5-26H2,1-4H3. The lowest BCUT2D eigenvalue weighted by atomic mass is 10.2. The topological polar surface area (TPSA) is 53.4 Å². The molecule has 0 fully saturated rings. The first kappa shape index (κ1) is 31.8. The number of aliphatic hydroxyl groups excluding tert-OH is 2. The quantitative estimate of drug-likeness (QED) is 0.219. The second-order valence-electron chi connectivity index (χ2n) is 9.23. The molecule has 6 heteroatoms. The maximum absolute atomic E-state index is 9.42. The predicted molar refractivity (Wildman–Crippen MR) is 140 cm³/mol. The molecule has 0 rings (SSSR count). The molecule has 2 N–H and O–H groups in total. The van der Waals surface area contributed by atoms with Crippen molar-refractivity contribution in [1.82, 2.24) is 19.6 Å². The molecule has 0 aromatic carbocycles. The minimum atomic E-state index is 0.256. The highest BCUT2D eigenvalue weighted by atomic mass is 16.3. The van der Waals surface area contributed by atoms with E-state index in [-0.39, 0.29) is 13.2 Å². The molecule has 6 nitrogen and oxygen atoms in total. The Morgan fingerprint density at radius 1 is 0.344 bits per heavy atom. The van der Waals surface area contributed by atoms with E-state index < -0.39 is 0 Å². The molecule has 194 valence electrons. The van der Waals surface area contributed by atoms with Crippen LogP contribution in [0.2, 0.25) is 0 Å². The number of unbranched alkanes of at least 4 members (excludes halogenated alkanes) is 4. The SMILES string of the molecule is CCCCN(CCO)CCN(CCCC)CCN(CCCC)CCN(CCO)CCCC. The fraction of sp³-hybridized carbons (Fsp3) is 1.00. The van der Waals surface area contributed by atoms with Crippen LogP contribution in [0.5, 0.6) is 0 Å². The van der Waals surface area contributed by atoms with Gasteiger partial charge in [-0.1, -0.05) is 53.4 Å². The summed E-state index contributed by atoms with van der Waals surface area (Å²) in [6, 6.07) is 0. The number of rotatable bonds is 25. The van der Waals surface area contributed by atoms with Gasteiger partial charge in [0.15, 0.2) is 0 Å². The molecule has 0 aliphatic rings. The van der Waals surface area contributed by atoms with E-state index in [1.165, 1.54) is 64.5 Å². The Morgan fingerprint density at radius 2 is 0.562 bits per heavy atom. The molecule has 0 heterocycles. The van der Waals surface area contributed by atoms with Crippen molar-refractivity contribution in [2.45, 2.75) is 79.1 Å². The monoisotopic (exact) mass is 458 g/mol. The summed E-state index contributed by atoms with van der Waals surface area (Å²) in [5.74, 6) is 0. The highest BCUT2D eigenvalue weighted by molar-refractivity contribution is 4.69. The summed E-state index contributed by atoms with van der Waals surface area (Å²) in [7, 11) is 0. The van der Waals surface area contributed by atoms with Crippen LogP contribution in [0.3, 0.4) is 0 Å². The van der Waals surface area contributed by atoms with Crippen LogP contribution in [0, 0.1) is 0 Å². The van der Waals surface area contributed by atoms with Crippen LogP contribution in [0.15, 0.2) is 0 Å². The summed E-state index contributed by atoms with van der Waals surface area (Å²) < 4.78 is 0. The molecule has 0 saturated carbocycles. The second kappa shape index (κ2) is 23.9. The third kappa shape index (κ3) is 18.2. The van der Waals surface area contributed by atoms with Gasteiger partial charge in [-0.05, 0) is 51.9 Å². The minimum Gasteiger partial charge on any atom is -0.395 e. The molecule has 0 saturated heterocycles. The van der Waals surface area contributed by atoms with E-state index in [4.69, 9.17) is 0 Å². The van der Waals surface area contributed by atoms with Crippen LogP contribution in [0.1, 0.15) is 79.1 Å². The summed E-state index contributed by atoms with van der Waals surface area (Å²) in [4.78, 5) is 10.1. The van der Waals surface area contributed by atoms with Crippen molar-refractivity contribution in [3.63, 3.8) is 0 Å². The van der Waals surface area contributed by atoms with Crippen molar-refractivity contribution in [2.75, 3.05) is 91.8 Å². The number of hydrogen-bond acceptors (Lipinski definition) is 6. The predicted octanol–water partition coefficient (Wildman–Crippen LogP) is 3.38. The lowest BCUT2D eigenvalue weighted by Crippen LogP contribution is -2.43. The van der Waals surface area contributed by atoms with E-state index >= 15 is 0 Å². The largest absolute Gasteiger partial charge is 0.395 e. The zero-order valence-electron chi connectivity index (χ0n) is 22.2. The van der Waals surface area contributed by atoms with Gasteiger partial charge < -0.3 is 20.0 Å². The van der Waals surface area contributed by atoms with Crippen molar-refractivity contribution in [3.8, 4) is 0 Å². The smallest absolute Gasteiger partial charge is 0.0558 e. The molecule has 0 aromatic heterocycles. The lowest BCUT2D eigenvalue weighted by molar-refractivity contribution is 0.140. The maximum Gasteiger partial charge on any atom is 0.0558 e. The van der Waals surface area contributed by atoms with Gasteiger partial charge in [0.05, 0.1) is 13.2 Å². The summed E-state index contributed by atoms with van der Waals surface area (Å²) >= 11 is 0. The molecule has 0 aromatic rings. The molecule has 0 amide bonds. The molecule has 0 bridgehead atoms. The summed E-state index contributed by atoms with van der Waals surface area (Å²) in [6.45, 7) is 22.2. The fourth-order valence-electron chi connectivity index (χ4n) is 4.00. The van der Waals surface area contributed by atoms with Crippen LogP contribution in [0.4, 0.5) is 0 Å². The molecule has 0 unspecified atom stereocenters. The van der Waals surface area contributed by atoms with Gasteiger partial charge in [-0.3, -0.25) is 9.80 Å².